The zero-order valence-electron chi connectivity index (χ0n) is 9.83. The van der Waals surface area contributed by atoms with E-state index in [0.29, 0.717) is 6.04 Å². The topological polar surface area (TPSA) is 39.1 Å². The second-order valence-electron chi connectivity index (χ2n) is 4.48. The van der Waals surface area contributed by atoms with Crippen LogP contribution in [0.2, 0.25) is 0 Å². The monoisotopic (exact) mass is 215 g/mol. The fourth-order valence-electron chi connectivity index (χ4n) is 1.93. The van der Waals surface area contributed by atoms with Crippen molar-refractivity contribution >= 4 is 0 Å². The standard InChI is InChI=1S/C13H17N3/c1-10-5-11(6-14)3-4-12(10)9-16(2)13-7-15-8-13/h3-5,13,15H,7-9H2,1-2H3. The molecule has 1 aromatic carbocycles. The predicted molar refractivity (Wildman–Crippen MR) is 64.0 cm³/mol. The van der Waals surface area contributed by atoms with Gasteiger partial charge in [-0.05, 0) is 37.2 Å². The van der Waals surface area contributed by atoms with Crippen molar-refractivity contribution in [2.75, 3.05) is 20.1 Å². The molecular formula is C13H17N3. The predicted octanol–water partition coefficient (Wildman–Crippen LogP) is 1.27. The largest absolute Gasteiger partial charge is 0.314 e. The van der Waals surface area contributed by atoms with Gasteiger partial charge in [0.15, 0.2) is 0 Å². The first-order chi connectivity index (χ1) is 7.70. The van der Waals surface area contributed by atoms with E-state index in [4.69, 9.17) is 5.26 Å². The molecule has 0 aliphatic carbocycles. The number of hydrogen-bond acceptors (Lipinski definition) is 3. The Morgan fingerprint density at radius 1 is 1.50 bits per heavy atom. The van der Waals surface area contributed by atoms with Gasteiger partial charge in [0.05, 0.1) is 11.6 Å². The lowest BCUT2D eigenvalue weighted by atomic mass is 10.0. The molecule has 0 spiro atoms. The Morgan fingerprint density at radius 3 is 2.75 bits per heavy atom. The first-order valence-corrected chi connectivity index (χ1v) is 5.61. The Balaban J connectivity index is 2.06. The van der Waals surface area contributed by atoms with Crippen molar-refractivity contribution in [1.29, 1.82) is 5.26 Å². The molecule has 1 N–H and O–H groups in total. The minimum Gasteiger partial charge on any atom is -0.314 e. The Kier molecular flexibility index (Phi) is 3.23. The lowest BCUT2D eigenvalue weighted by Gasteiger charge is -2.35. The highest BCUT2D eigenvalue weighted by atomic mass is 15.2. The summed E-state index contributed by atoms with van der Waals surface area (Å²) >= 11 is 0. The number of nitriles is 1. The van der Waals surface area contributed by atoms with E-state index in [1.807, 2.05) is 12.1 Å². The second kappa shape index (κ2) is 4.65. The second-order valence-corrected chi connectivity index (χ2v) is 4.48. The van der Waals surface area contributed by atoms with Gasteiger partial charge in [-0.2, -0.15) is 5.26 Å². The fourth-order valence-corrected chi connectivity index (χ4v) is 1.93. The van der Waals surface area contributed by atoms with E-state index in [1.165, 1.54) is 11.1 Å². The zero-order valence-corrected chi connectivity index (χ0v) is 9.83. The highest BCUT2D eigenvalue weighted by Gasteiger charge is 2.21. The summed E-state index contributed by atoms with van der Waals surface area (Å²) in [5.41, 5.74) is 3.26. The van der Waals surface area contributed by atoms with Crippen molar-refractivity contribution in [1.82, 2.24) is 10.2 Å². The fraction of sp³-hybridized carbons (Fsp3) is 0.462. The molecule has 1 fully saturated rings. The van der Waals surface area contributed by atoms with Gasteiger partial charge in [0.1, 0.15) is 0 Å². The van der Waals surface area contributed by atoms with E-state index in [0.717, 1.165) is 25.2 Å². The molecule has 1 aliphatic heterocycles. The molecule has 1 heterocycles. The maximum atomic E-state index is 8.80. The molecule has 0 amide bonds. The molecule has 84 valence electrons. The summed E-state index contributed by atoms with van der Waals surface area (Å²) in [6, 6.07) is 8.76. The molecule has 0 atom stereocenters. The van der Waals surface area contributed by atoms with Crippen LogP contribution in [0.1, 0.15) is 16.7 Å². The van der Waals surface area contributed by atoms with Crippen LogP contribution in [0.4, 0.5) is 0 Å². The Hall–Kier alpha value is -1.37. The maximum Gasteiger partial charge on any atom is 0.0991 e. The summed E-state index contributed by atoms with van der Waals surface area (Å²) in [4.78, 5) is 2.37. The van der Waals surface area contributed by atoms with Crippen molar-refractivity contribution in [3.8, 4) is 6.07 Å². The molecule has 1 saturated heterocycles. The minimum absolute atomic E-state index is 0.662. The van der Waals surface area contributed by atoms with Gasteiger partial charge in [0.25, 0.3) is 0 Å². The Labute approximate surface area is 96.7 Å². The van der Waals surface area contributed by atoms with Crippen molar-refractivity contribution in [2.24, 2.45) is 0 Å². The van der Waals surface area contributed by atoms with Crippen LogP contribution in [0.15, 0.2) is 18.2 Å². The third-order valence-electron chi connectivity index (χ3n) is 3.27. The zero-order chi connectivity index (χ0) is 11.5. The van der Waals surface area contributed by atoms with Gasteiger partial charge in [-0.1, -0.05) is 6.07 Å². The maximum absolute atomic E-state index is 8.80. The lowest BCUT2D eigenvalue weighted by Crippen LogP contribution is -2.55. The van der Waals surface area contributed by atoms with Crippen LogP contribution in [0.3, 0.4) is 0 Å². The minimum atomic E-state index is 0.662. The van der Waals surface area contributed by atoms with E-state index in [9.17, 15) is 0 Å². The van der Waals surface area contributed by atoms with Gasteiger partial charge in [-0.15, -0.1) is 0 Å². The van der Waals surface area contributed by atoms with Gasteiger partial charge in [0, 0.05) is 25.7 Å². The molecule has 1 aliphatic rings. The molecule has 3 nitrogen and oxygen atoms in total. The normalized spacial score (nSPS) is 15.9. The van der Waals surface area contributed by atoms with Crippen LogP contribution < -0.4 is 5.32 Å². The van der Waals surface area contributed by atoms with Crippen molar-refractivity contribution in [3.05, 3.63) is 34.9 Å². The van der Waals surface area contributed by atoms with Gasteiger partial charge in [-0.3, -0.25) is 4.90 Å². The summed E-state index contributed by atoms with van der Waals surface area (Å²) in [6.07, 6.45) is 0. The van der Waals surface area contributed by atoms with Gasteiger partial charge in [-0.25, -0.2) is 0 Å². The third-order valence-corrected chi connectivity index (χ3v) is 3.27. The molecule has 0 unspecified atom stereocenters. The number of nitrogens with zero attached hydrogens (tertiary/aromatic N) is 2. The van der Waals surface area contributed by atoms with Crippen LogP contribution in [0, 0.1) is 18.3 Å². The molecule has 0 radical (unpaired) electrons. The number of likely N-dealkylation sites (N-methyl/N-ethyl adjacent to an activating group) is 1. The van der Waals surface area contributed by atoms with Gasteiger partial charge in [0.2, 0.25) is 0 Å². The lowest BCUT2D eigenvalue weighted by molar-refractivity contribution is 0.173. The number of hydrogen-bond donors (Lipinski definition) is 1. The quantitative estimate of drug-likeness (QED) is 0.825. The van der Waals surface area contributed by atoms with E-state index in [2.05, 4.69) is 36.3 Å². The molecule has 3 heteroatoms. The first-order valence-electron chi connectivity index (χ1n) is 5.61. The number of nitrogens with one attached hydrogen (secondary N) is 1. The van der Waals surface area contributed by atoms with Crippen LogP contribution in [-0.2, 0) is 6.54 Å². The molecule has 0 saturated carbocycles. The SMILES string of the molecule is Cc1cc(C#N)ccc1CN(C)C1CNC1. The number of rotatable bonds is 3. The molecular weight excluding hydrogens is 198 g/mol. The number of aryl methyl sites for hydroxylation is 1. The van der Waals surface area contributed by atoms with Crippen LogP contribution >= 0.6 is 0 Å². The van der Waals surface area contributed by atoms with Crippen LogP contribution in [0.25, 0.3) is 0 Å². The van der Waals surface area contributed by atoms with Crippen molar-refractivity contribution in [3.63, 3.8) is 0 Å². The summed E-state index contributed by atoms with van der Waals surface area (Å²) in [5.74, 6) is 0. The average Bonchev–Trinajstić information content (AvgIpc) is 2.18. The third kappa shape index (κ3) is 2.24. The molecule has 1 aromatic rings. The van der Waals surface area contributed by atoms with Crippen molar-refractivity contribution < 1.29 is 0 Å². The highest BCUT2D eigenvalue weighted by Crippen LogP contribution is 2.14. The van der Waals surface area contributed by atoms with Crippen LogP contribution in [0.5, 0.6) is 0 Å². The average molecular weight is 215 g/mol. The van der Waals surface area contributed by atoms with Crippen LogP contribution in [-0.4, -0.2) is 31.1 Å². The molecule has 0 aromatic heterocycles. The number of benzene rings is 1. The summed E-state index contributed by atoms with van der Waals surface area (Å²) in [6.45, 7) is 5.21. The first kappa shape index (κ1) is 11.1. The van der Waals surface area contributed by atoms with E-state index in [1.54, 1.807) is 0 Å². The summed E-state index contributed by atoms with van der Waals surface area (Å²) in [5, 5.41) is 12.1. The molecule has 0 bridgehead atoms. The molecule has 2 rings (SSSR count). The van der Waals surface area contributed by atoms with Gasteiger partial charge < -0.3 is 5.32 Å². The van der Waals surface area contributed by atoms with E-state index in [-0.39, 0.29) is 0 Å². The van der Waals surface area contributed by atoms with Gasteiger partial charge >= 0.3 is 0 Å². The summed E-state index contributed by atoms with van der Waals surface area (Å²) < 4.78 is 0. The smallest absolute Gasteiger partial charge is 0.0991 e. The van der Waals surface area contributed by atoms with Crippen molar-refractivity contribution in [2.45, 2.75) is 19.5 Å². The summed E-state index contributed by atoms with van der Waals surface area (Å²) in [7, 11) is 2.16. The Bertz CT molecular complexity index is 416. The van der Waals surface area contributed by atoms with E-state index >= 15 is 0 Å². The highest BCUT2D eigenvalue weighted by molar-refractivity contribution is 5.37. The molecule has 16 heavy (non-hydrogen) atoms. The Morgan fingerprint density at radius 2 is 2.25 bits per heavy atom. The van der Waals surface area contributed by atoms with E-state index < -0.39 is 0 Å².